The Hall–Kier alpha value is -0.480. The molecule has 0 aromatic heterocycles. The molecule has 1 aliphatic carbocycles. The summed E-state index contributed by atoms with van der Waals surface area (Å²) in [6, 6.07) is 0. The van der Waals surface area contributed by atoms with Gasteiger partial charge in [0.15, 0.2) is 0 Å². The normalized spacial score (nSPS) is 17.6. The molecule has 0 aliphatic heterocycles. The van der Waals surface area contributed by atoms with Crippen molar-refractivity contribution in [2.24, 2.45) is 5.92 Å². The zero-order valence-electron chi connectivity index (χ0n) is 9.81. The summed E-state index contributed by atoms with van der Waals surface area (Å²) in [6.45, 7) is 4.49. The Labute approximate surface area is 89.1 Å². The Morgan fingerprint density at radius 3 is 2.50 bits per heavy atom. The molecule has 14 heavy (non-hydrogen) atoms. The molecule has 80 valence electrons. The first-order chi connectivity index (χ1) is 6.86. The third-order valence-electron chi connectivity index (χ3n) is 3.15. The molecule has 0 saturated heterocycles. The minimum Gasteiger partial charge on any atom is -0.126 e. The molecule has 0 spiro atoms. The van der Waals surface area contributed by atoms with Crippen LogP contribution in [0.5, 0.6) is 0 Å². The minimum atomic E-state index is 0.835. The molecule has 1 saturated carbocycles. The Morgan fingerprint density at radius 1 is 1.21 bits per heavy atom. The maximum atomic E-state index is 3.53. The highest BCUT2D eigenvalue weighted by molar-refractivity contribution is 5.02. The second-order valence-corrected chi connectivity index (χ2v) is 4.42. The standard InChI is InChI=1S/C14H24/c1-3-8-13(4-2)11-12-14-9-6-5-7-10-14/h12,14H,3-10H2,1-2H3. The summed E-state index contributed by atoms with van der Waals surface area (Å²) in [5.74, 6) is 0.835. The summed E-state index contributed by atoms with van der Waals surface area (Å²) < 4.78 is 0. The van der Waals surface area contributed by atoms with Crippen LogP contribution in [0.15, 0.2) is 17.4 Å². The van der Waals surface area contributed by atoms with Gasteiger partial charge < -0.3 is 0 Å². The van der Waals surface area contributed by atoms with Crippen molar-refractivity contribution in [2.45, 2.75) is 65.2 Å². The van der Waals surface area contributed by atoms with Crippen molar-refractivity contribution >= 4 is 0 Å². The van der Waals surface area contributed by atoms with E-state index in [0.29, 0.717) is 0 Å². The Morgan fingerprint density at radius 2 is 1.93 bits per heavy atom. The lowest BCUT2D eigenvalue weighted by Gasteiger charge is -2.16. The van der Waals surface area contributed by atoms with Gasteiger partial charge in [0.25, 0.3) is 0 Å². The van der Waals surface area contributed by atoms with Crippen molar-refractivity contribution in [3.05, 3.63) is 17.4 Å². The van der Waals surface area contributed by atoms with Gasteiger partial charge in [-0.25, -0.2) is 0 Å². The van der Waals surface area contributed by atoms with Crippen molar-refractivity contribution in [1.29, 1.82) is 0 Å². The summed E-state index contributed by atoms with van der Waals surface area (Å²) in [7, 11) is 0. The fraction of sp³-hybridized carbons (Fsp3) is 0.786. The third kappa shape index (κ3) is 4.15. The third-order valence-corrected chi connectivity index (χ3v) is 3.15. The van der Waals surface area contributed by atoms with Gasteiger partial charge in [0.05, 0.1) is 0 Å². The van der Waals surface area contributed by atoms with Crippen molar-refractivity contribution in [2.75, 3.05) is 0 Å². The number of hydrogen-bond acceptors (Lipinski definition) is 0. The van der Waals surface area contributed by atoms with Gasteiger partial charge in [0, 0.05) is 0 Å². The van der Waals surface area contributed by atoms with Crippen molar-refractivity contribution < 1.29 is 0 Å². The fourth-order valence-corrected chi connectivity index (χ4v) is 2.19. The van der Waals surface area contributed by atoms with Crippen molar-refractivity contribution in [1.82, 2.24) is 0 Å². The van der Waals surface area contributed by atoms with Crippen LogP contribution in [0.4, 0.5) is 0 Å². The molecule has 0 radical (unpaired) electrons. The van der Waals surface area contributed by atoms with Crippen LogP contribution in [0.25, 0.3) is 0 Å². The van der Waals surface area contributed by atoms with E-state index in [0.717, 1.165) is 5.92 Å². The summed E-state index contributed by atoms with van der Waals surface area (Å²) >= 11 is 0. The van der Waals surface area contributed by atoms with Gasteiger partial charge >= 0.3 is 0 Å². The Balaban J connectivity index is 2.47. The molecule has 0 amide bonds. The Kier molecular flexibility index (Phi) is 5.71. The molecule has 0 N–H and O–H groups in total. The highest BCUT2D eigenvalue weighted by Crippen LogP contribution is 2.24. The molecule has 1 fully saturated rings. The molecule has 0 aromatic rings. The highest BCUT2D eigenvalue weighted by Gasteiger charge is 2.09. The van der Waals surface area contributed by atoms with Crippen LogP contribution in [-0.2, 0) is 0 Å². The molecule has 1 aliphatic rings. The lowest BCUT2D eigenvalue weighted by molar-refractivity contribution is 0.419. The number of rotatable bonds is 4. The van der Waals surface area contributed by atoms with Crippen LogP contribution >= 0.6 is 0 Å². The highest BCUT2D eigenvalue weighted by atomic mass is 14.1. The Bertz CT molecular complexity index is 200. The fourth-order valence-electron chi connectivity index (χ4n) is 2.19. The largest absolute Gasteiger partial charge is 0.126 e. The SMILES string of the molecule is CCCC(=C=CC1CCCCC1)CC. The average Bonchev–Trinajstić information content (AvgIpc) is 2.25. The smallest absolute Gasteiger partial charge is 0.0157 e. The van der Waals surface area contributed by atoms with Crippen LogP contribution in [0, 0.1) is 5.92 Å². The van der Waals surface area contributed by atoms with E-state index in [2.05, 4.69) is 25.7 Å². The molecular formula is C14H24. The molecule has 0 atom stereocenters. The first-order valence-corrected chi connectivity index (χ1v) is 6.31. The lowest BCUT2D eigenvalue weighted by Crippen LogP contribution is -2.02. The van der Waals surface area contributed by atoms with Crippen LogP contribution in [0.2, 0.25) is 0 Å². The molecule has 0 unspecified atom stereocenters. The van der Waals surface area contributed by atoms with Gasteiger partial charge in [-0.05, 0) is 43.3 Å². The van der Waals surface area contributed by atoms with Gasteiger partial charge in [0.1, 0.15) is 0 Å². The quantitative estimate of drug-likeness (QED) is 0.558. The van der Waals surface area contributed by atoms with Crippen molar-refractivity contribution in [3.63, 3.8) is 0 Å². The molecule has 0 aromatic carbocycles. The van der Waals surface area contributed by atoms with E-state index in [1.54, 1.807) is 0 Å². The summed E-state index contributed by atoms with van der Waals surface area (Å²) in [5, 5.41) is 0. The van der Waals surface area contributed by atoms with Gasteiger partial charge in [-0.15, -0.1) is 5.73 Å². The average molecular weight is 192 g/mol. The van der Waals surface area contributed by atoms with E-state index >= 15 is 0 Å². The maximum absolute atomic E-state index is 3.53. The molecular weight excluding hydrogens is 168 g/mol. The van der Waals surface area contributed by atoms with Gasteiger partial charge in [-0.3, -0.25) is 0 Å². The molecule has 1 rings (SSSR count). The number of allylic oxidation sites excluding steroid dienone is 1. The van der Waals surface area contributed by atoms with E-state index in [9.17, 15) is 0 Å². The predicted molar refractivity (Wildman–Crippen MR) is 63.4 cm³/mol. The first-order valence-electron chi connectivity index (χ1n) is 6.31. The second kappa shape index (κ2) is 6.90. The summed E-state index contributed by atoms with van der Waals surface area (Å²) in [6.07, 6.45) is 13.1. The lowest BCUT2D eigenvalue weighted by atomic mass is 9.89. The second-order valence-electron chi connectivity index (χ2n) is 4.42. The summed E-state index contributed by atoms with van der Waals surface area (Å²) in [4.78, 5) is 0. The van der Waals surface area contributed by atoms with Crippen molar-refractivity contribution in [3.8, 4) is 0 Å². The van der Waals surface area contributed by atoms with Crippen LogP contribution in [0.3, 0.4) is 0 Å². The molecule has 0 nitrogen and oxygen atoms in total. The monoisotopic (exact) mass is 192 g/mol. The minimum absolute atomic E-state index is 0.835. The first kappa shape index (κ1) is 11.6. The zero-order valence-corrected chi connectivity index (χ0v) is 9.81. The summed E-state index contributed by atoms with van der Waals surface area (Å²) in [5.41, 5.74) is 5.04. The van der Waals surface area contributed by atoms with Gasteiger partial charge in [-0.2, -0.15) is 0 Å². The van der Waals surface area contributed by atoms with E-state index in [1.807, 2.05) is 0 Å². The predicted octanol–water partition coefficient (Wildman–Crippen LogP) is 4.86. The molecule has 0 heterocycles. The van der Waals surface area contributed by atoms with E-state index in [1.165, 1.54) is 56.9 Å². The zero-order chi connectivity index (χ0) is 10.2. The van der Waals surface area contributed by atoms with Gasteiger partial charge in [0.2, 0.25) is 0 Å². The van der Waals surface area contributed by atoms with Gasteiger partial charge in [-0.1, -0.05) is 39.5 Å². The maximum Gasteiger partial charge on any atom is -0.0157 e. The molecule has 0 bridgehead atoms. The number of hydrogen-bond donors (Lipinski definition) is 0. The van der Waals surface area contributed by atoms with Crippen LogP contribution < -0.4 is 0 Å². The molecule has 0 heteroatoms. The topological polar surface area (TPSA) is 0 Å². The van der Waals surface area contributed by atoms with E-state index in [-0.39, 0.29) is 0 Å². The van der Waals surface area contributed by atoms with Crippen LogP contribution in [0.1, 0.15) is 65.2 Å². The van der Waals surface area contributed by atoms with Crippen LogP contribution in [-0.4, -0.2) is 0 Å². The van der Waals surface area contributed by atoms with E-state index in [4.69, 9.17) is 0 Å². The van der Waals surface area contributed by atoms with E-state index < -0.39 is 0 Å².